The topological polar surface area (TPSA) is 86.7 Å². The van der Waals surface area contributed by atoms with Gasteiger partial charge in [-0.05, 0) is 26.7 Å². The molecule has 0 spiro atoms. The Bertz CT molecular complexity index is 415. The van der Waals surface area contributed by atoms with Gasteiger partial charge in [-0.25, -0.2) is 0 Å². The minimum atomic E-state index is -0.848. The molecule has 6 nitrogen and oxygen atoms in total. The Morgan fingerprint density at radius 2 is 2.11 bits per heavy atom. The van der Waals surface area contributed by atoms with Crippen molar-refractivity contribution in [1.29, 1.82) is 0 Å². The van der Waals surface area contributed by atoms with Gasteiger partial charge in [0.2, 0.25) is 11.8 Å². The average molecular weight is 268 g/mol. The maximum absolute atomic E-state index is 12.0. The van der Waals surface area contributed by atoms with Crippen LogP contribution in [0.25, 0.3) is 0 Å². The molecule has 0 aromatic rings. The van der Waals surface area contributed by atoms with Crippen LogP contribution in [-0.2, 0) is 14.4 Å². The number of carbonyl (C=O) groups is 3. The molecule has 1 heterocycles. The third kappa shape index (κ3) is 2.72. The molecule has 2 N–H and O–H groups in total. The number of hydrogen-bond donors (Lipinski definition) is 2. The van der Waals surface area contributed by atoms with E-state index in [2.05, 4.69) is 5.32 Å². The number of amides is 2. The fraction of sp³-hybridized carbons (Fsp3) is 0.769. The van der Waals surface area contributed by atoms with Crippen LogP contribution in [0.5, 0.6) is 0 Å². The summed E-state index contributed by atoms with van der Waals surface area (Å²) in [5.41, 5.74) is -0.754. The first-order valence-electron chi connectivity index (χ1n) is 6.66. The number of aliphatic carboxylic acids is 1. The minimum absolute atomic E-state index is 0.00507. The van der Waals surface area contributed by atoms with Crippen molar-refractivity contribution in [3.8, 4) is 0 Å². The second-order valence-corrected chi connectivity index (χ2v) is 5.84. The summed E-state index contributed by atoms with van der Waals surface area (Å²) in [4.78, 5) is 36.4. The van der Waals surface area contributed by atoms with Gasteiger partial charge in [0.1, 0.15) is 0 Å². The second kappa shape index (κ2) is 4.83. The lowest BCUT2D eigenvalue weighted by Crippen LogP contribution is -2.39. The SMILES string of the molecule is CC(C)N1CC(C(=O)NCC2(C(=O)O)CC2)CC1=O. The van der Waals surface area contributed by atoms with Crippen LogP contribution >= 0.6 is 0 Å². The molecular weight excluding hydrogens is 248 g/mol. The molecule has 1 atom stereocenters. The molecule has 6 heteroatoms. The van der Waals surface area contributed by atoms with E-state index < -0.39 is 11.4 Å². The molecular formula is C13H20N2O4. The molecule has 2 fully saturated rings. The van der Waals surface area contributed by atoms with Gasteiger partial charge in [-0.2, -0.15) is 0 Å². The molecule has 2 rings (SSSR count). The van der Waals surface area contributed by atoms with Gasteiger partial charge in [-0.3, -0.25) is 14.4 Å². The normalized spacial score (nSPS) is 24.7. The van der Waals surface area contributed by atoms with Crippen LogP contribution in [0.3, 0.4) is 0 Å². The zero-order valence-electron chi connectivity index (χ0n) is 11.3. The highest BCUT2D eigenvalue weighted by molar-refractivity contribution is 5.89. The Balaban J connectivity index is 1.85. The molecule has 2 aliphatic rings. The molecule has 1 aliphatic carbocycles. The van der Waals surface area contributed by atoms with Crippen LogP contribution < -0.4 is 5.32 Å². The molecule has 1 saturated carbocycles. The summed E-state index contributed by atoms with van der Waals surface area (Å²) < 4.78 is 0. The monoisotopic (exact) mass is 268 g/mol. The summed E-state index contributed by atoms with van der Waals surface area (Å²) in [6, 6.07) is 0.0964. The Hall–Kier alpha value is -1.59. The van der Waals surface area contributed by atoms with E-state index in [-0.39, 0.29) is 36.7 Å². The molecule has 0 aromatic heterocycles. The Morgan fingerprint density at radius 3 is 2.53 bits per heavy atom. The first-order valence-corrected chi connectivity index (χ1v) is 6.66. The Morgan fingerprint density at radius 1 is 1.47 bits per heavy atom. The van der Waals surface area contributed by atoms with Crippen LogP contribution in [-0.4, -0.2) is 46.9 Å². The van der Waals surface area contributed by atoms with Crippen molar-refractivity contribution in [3.63, 3.8) is 0 Å². The van der Waals surface area contributed by atoms with Crippen molar-refractivity contribution in [2.75, 3.05) is 13.1 Å². The summed E-state index contributed by atoms with van der Waals surface area (Å²) in [6.07, 6.45) is 1.46. The zero-order valence-corrected chi connectivity index (χ0v) is 11.3. The molecule has 0 aromatic carbocycles. The molecule has 1 saturated heterocycles. The number of carboxylic acids is 1. The van der Waals surface area contributed by atoms with Gasteiger partial charge in [-0.15, -0.1) is 0 Å². The first kappa shape index (κ1) is 13.8. The molecule has 0 radical (unpaired) electrons. The predicted molar refractivity (Wildman–Crippen MR) is 67.3 cm³/mol. The van der Waals surface area contributed by atoms with E-state index in [4.69, 9.17) is 5.11 Å². The van der Waals surface area contributed by atoms with Crippen molar-refractivity contribution < 1.29 is 19.5 Å². The number of likely N-dealkylation sites (tertiary alicyclic amines) is 1. The quantitative estimate of drug-likeness (QED) is 0.747. The van der Waals surface area contributed by atoms with Crippen molar-refractivity contribution in [2.45, 2.75) is 39.2 Å². The number of hydrogen-bond acceptors (Lipinski definition) is 3. The maximum Gasteiger partial charge on any atom is 0.311 e. The Kier molecular flexibility index (Phi) is 3.52. The summed E-state index contributed by atoms with van der Waals surface area (Å²) in [6.45, 7) is 4.44. The molecule has 1 unspecified atom stereocenters. The van der Waals surface area contributed by atoms with Crippen LogP contribution in [0.1, 0.15) is 33.1 Å². The molecule has 106 valence electrons. The van der Waals surface area contributed by atoms with Crippen LogP contribution in [0.15, 0.2) is 0 Å². The second-order valence-electron chi connectivity index (χ2n) is 5.84. The van der Waals surface area contributed by atoms with E-state index in [1.807, 2.05) is 13.8 Å². The van der Waals surface area contributed by atoms with E-state index in [0.29, 0.717) is 19.4 Å². The third-order valence-corrected chi connectivity index (χ3v) is 4.06. The lowest BCUT2D eigenvalue weighted by Gasteiger charge is -2.21. The van der Waals surface area contributed by atoms with Crippen molar-refractivity contribution >= 4 is 17.8 Å². The van der Waals surface area contributed by atoms with Crippen molar-refractivity contribution in [1.82, 2.24) is 10.2 Å². The fourth-order valence-corrected chi connectivity index (χ4v) is 2.42. The Labute approximate surface area is 112 Å². The van der Waals surface area contributed by atoms with E-state index in [1.165, 1.54) is 0 Å². The number of carboxylic acid groups (broad SMARTS) is 1. The number of rotatable bonds is 5. The maximum atomic E-state index is 12.0. The fourth-order valence-electron chi connectivity index (χ4n) is 2.42. The summed E-state index contributed by atoms with van der Waals surface area (Å²) in [5, 5.41) is 11.7. The third-order valence-electron chi connectivity index (χ3n) is 4.06. The van der Waals surface area contributed by atoms with E-state index in [0.717, 1.165) is 0 Å². The largest absolute Gasteiger partial charge is 0.481 e. The summed E-state index contributed by atoms with van der Waals surface area (Å²) in [7, 11) is 0. The van der Waals surface area contributed by atoms with Crippen molar-refractivity contribution in [2.24, 2.45) is 11.3 Å². The van der Waals surface area contributed by atoms with Gasteiger partial charge >= 0.3 is 5.97 Å². The van der Waals surface area contributed by atoms with Gasteiger partial charge in [-0.1, -0.05) is 0 Å². The van der Waals surface area contributed by atoms with Gasteiger partial charge in [0.05, 0.1) is 11.3 Å². The predicted octanol–water partition coefficient (Wildman–Crippen LogP) is 0.224. The summed E-state index contributed by atoms with van der Waals surface area (Å²) in [5.74, 6) is -1.41. The zero-order chi connectivity index (χ0) is 14.2. The molecule has 1 aliphatic heterocycles. The van der Waals surface area contributed by atoms with Crippen LogP contribution in [0, 0.1) is 11.3 Å². The van der Waals surface area contributed by atoms with Gasteiger partial charge < -0.3 is 15.3 Å². The smallest absolute Gasteiger partial charge is 0.311 e. The van der Waals surface area contributed by atoms with Gasteiger partial charge in [0.15, 0.2) is 0 Å². The first-order chi connectivity index (χ1) is 8.85. The molecule has 0 bridgehead atoms. The lowest BCUT2D eigenvalue weighted by molar-refractivity contribution is -0.143. The average Bonchev–Trinajstić information content (AvgIpc) is 3.03. The molecule has 2 amide bonds. The number of nitrogens with one attached hydrogen (secondary N) is 1. The highest BCUT2D eigenvalue weighted by Gasteiger charge is 2.50. The molecule has 19 heavy (non-hydrogen) atoms. The van der Waals surface area contributed by atoms with Crippen molar-refractivity contribution in [3.05, 3.63) is 0 Å². The van der Waals surface area contributed by atoms with Gasteiger partial charge in [0.25, 0.3) is 0 Å². The summed E-state index contributed by atoms with van der Waals surface area (Å²) >= 11 is 0. The lowest BCUT2D eigenvalue weighted by atomic mass is 10.1. The highest BCUT2D eigenvalue weighted by Crippen LogP contribution is 2.45. The van der Waals surface area contributed by atoms with Crippen LogP contribution in [0.2, 0.25) is 0 Å². The van der Waals surface area contributed by atoms with E-state index in [9.17, 15) is 14.4 Å². The standard InChI is InChI=1S/C13H20N2O4/c1-8(2)15-6-9(5-10(15)16)11(17)14-7-13(3-4-13)12(18)19/h8-9H,3-7H2,1-2H3,(H,14,17)(H,18,19). The highest BCUT2D eigenvalue weighted by atomic mass is 16.4. The number of carbonyl (C=O) groups excluding carboxylic acids is 2. The number of nitrogens with zero attached hydrogens (tertiary/aromatic N) is 1. The van der Waals surface area contributed by atoms with Crippen LogP contribution in [0.4, 0.5) is 0 Å². The minimum Gasteiger partial charge on any atom is -0.481 e. The van der Waals surface area contributed by atoms with E-state index >= 15 is 0 Å². The van der Waals surface area contributed by atoms with Gasteiger partial charge in [0, 0.05) is 25.6 Å². The van der Waals surface area contributed by atoms with E-state index in [1.54, 1.807) is 4.90 Å².